The van der Waals surface area contributed by atoms with Crippen molar-refractivity contribution in [2.45, 2.75) is 13.1 Å². The molecular weight excluding hydrogens is 301 g/mol. The van der Waals surface area contributed by atoms with Gasteiger partial charge in [-0.3, -0.25) is 4.55 Å². The number of urea groups is 1. The Morgan fingerprint density at radius 2 is 1.70 bits per heavy atom. The normalized spacial score (nSPS) is 11.2. The predicted molar refractivity (Wildman–Crippen MR) is 66.7 cm³/mol. The van der Waals surface area contributed by atoms with Crippen LogP contribution in [0, 0.1) is 0 Å². The van der Waals surface area contributed by atoms with Crippen molar-refractivity contribution in [2.75, 3.05) is 11.1 Å². The Hall–Kier alpha value is -1.81. The van der Waals surface area contributed by atoms with Gasteiger partial charge in [-0.25, -0.2) is 4.79 Å². The van der Waals surface area contributed by atoms with Crippen LogP contribution in [0.1, 0.15) is 12.5 Å². The summed E-state index contributed by atoms with van der Waals surface area (Å²) in [4.78, 5) is 10.3. The molecule has 0 aliphatic carbocycles. The SMILES string of the molecule is CCS(=O)(=O)O.NC(=O)Nc1ccc(C(F)(F)F)cc1. The van der Waals surface area contributed by atoms with E-state index in [0.717, 1.165) is 24.3 Å². The average Bonchev–Trinajstić information content (AvgIpc) is 2.27. The van der Waals surface area contributed by atoms with Gasteiger partial charge in [-0.2, -0.15) is 21.6 Å². The Labute approximate surface area is 113 Å². The van der Waals surface area contributed by atoms with E-state index in [4.69, 9.17) is 10.3 Å². The maximum atomic E-state index is 12.1. The number of hydrogen-bond donors (Lipinski definition) is 3. The molecule has 10 heteroatoms. The first-order valence-electron chi connectivity index (χ1n) is 5.14. The Balaban J connectivity index is 0.000000511. The molecule has 0 radical (unpaired) electrons. The largest absolute Gasteiger partial charge is 0.416 e. The lowest BCUT2D eigenvalue weighted by molar-refractivity contribution is -0.137. The third-order valence-corrected chi connectivity index (χ3v) is 2.57. The van der Waals surface area contributed by atoms with E-state index in [1.807, 2.05) is 0 Å². The van der Waals surface area contributed by atoms with Crippen LogP contribution >= 0.6 is 0 Å². The highest BCUT2D eigenvalue weighted by molar-refractivity contribution is 7.85. The zero-order valence-corrected chi connectivity index (χ0v) is 11.1. The minimum atomic E-state index is -4.37. The van der Waals surface area contributed by atoms with Crippen LogP contribution in [0.4, 0.5) is 23.7 Å². The van der Waals surface area contributed by atoms with Gasteiger partial charge in [-0.1, -0.05) is 0 Å². The van der Waals surface area contributed by atoms with Gasteiger partial charge in [-0.15, -0.1) is 0 Å². The number of hydrogen-bond acceptors (Lipinski definition) is 3. The van der Waals surface area contributed by atoms with Crippen LogP contribution < -0.4 is 11.1 Å². The van der Waals surface area contributed by atoms with Crippen molar-refractivity contribution in [3.63, 3.8) is 0 Å². The molecule has 0 bridgehead atoms. The van der Waals surface area contributed by atoms with E-state index in [1.165, 1.54) is 6.92 Å². The third-order valence-electron chi connectivity index (χ3n) is 1.84. The summed E-state index contributed by atoms with van der Waals surface area (Å²) in [5.41, 5.74) is 4.23. The van der Waals surface area contributed by atoms with Crippen LogP contribution in [-0.2, 0) is 16.3 Å². The predicted octanol–water partition coefficient (Wildman–Crippen LogP) is 2.09. The number of nitrogens with two attached hydrogens (primary N) is 1. The number of rotatable bonds is 2. The number of benzene rings is 1. The van der Waals surface area contributed by atoms with Crippen molar-refractivity contribution in [2.24, 2.45) is 5.73 Å². The van der Waals surface area contributed by atoms with Gasteiger partial charge in [-0.05, 0) is 31.2 Å². The second-order valence-electron chi connectivity index (χ2n) is 3.43. The Kier molecular flexibility index (Phi) is 6.46. The Morgan fingerprint density at radius 3 is 1.95 bits per heavy atom. The number of carbonyl (C=O) groups excluding carboxylic acids is 1. The molecule has 0 aliphatic heterocycles. The molecule has 1 rings (SSSR count). The van der Waals surface area contributed by atoms with Gasteiger partial charge >= 0.3 is 12.2 Å². The lowest BCUT2D eigenvalue weighted by atomic mass is 10.2. The van der Waals surface area contributed by atoms with E-state index < -0.39 is 27.9 Å². The highest BCUT2D eigenvalue weighted by atomic mass is 32.2. The molecule has 0 saturated carbocycles. The fraction of sp³-hybridized carbons (Fsp3) is 0.300. The number of primary amides is 1. The van der Waals surface area contributed by atoms with E-state index in [-0.39, 0.29) is 11.4 Å². The quantitative estimate of drug-likeness (QED) is 0.726. The molecule has 0 saturated heterocycles. The molecule has 4 N–H and O–H groups in total. The summed E-state index contributed by atoms with van der Waals surface area (Å²) in [6, 6.07) is 3.18. The van der Waals surface area contributed by atoms with Gasteiger partial charge in [0.15, 0.2) is 0 Å². The molecule has 0 fully saturated rings. The third kappa shape index (κ3) is 8.32. The smallest absolute Gasteiger partial charge is 0.351 e. The number of halogens is 3. The minimum absolute atomic E-state index is 0.201. The molecule has 6 nitrogen and oxygen atoms in total. The van der Waals surface area contributed by atoms with Crippen molar-refractivity contribution in [3.8, 4) is 0 Å². The van der Waals surface area contributed by atoms with Gasteiger partial charge in [0.2, 0.25) is 0 Å². The lowest BCUT2D eigenvalue weighted by Crippen LogP contribution is -2.19. The summed E-state index contributed by atoms with van der Waals surface area (Å²) >= 11 is 0. The second kappa shape index (κ2) is 7.10. The molecule has 1 aromatic carbocycles. The van der Waals surface area contributed by atoms with E-state index in [0.29, 0.717) is 0 Å². The first-order chi connectivity index (χ1) is 8.95. The van der Waals surface area contributed by atoms with E-state index >= 15 is 0 Å². The Morgan fingerprint density at radius 1 is 1.30 bits per heavy atom. The molecule has 0 atom stereocenters. The van der Waals surface area contributed by atoms with Crippen LogP contribution in [0.5, 0.6) is 0 Å². The second-order valence-corrected chi connectivity index (χ2v) is 5.18. The molecule has 1 aromatic rings. The van der Waals surface area contributed by atoms with E-state index in [2.05, 4.69) is 5.32 Å². The maximum Gasteiger partial charge on any atom is 0.416 e. The minimum Gasteiger partial charge on any atom is -0.351 e. The van der Waals surface area contributed by atoms with Crippen LogP contribution in [0.25, 0.3) is 0 Å². The molecule has 0 aromatic heterocycles. The van der Waals surface area contributed by atoms with Gasteiger partial charge in [0.1, 0.15) is 0 Å². The van der Waals surface area contributed by atoms with Crippen molar-refractivity contribution >= 4 is 21.8 Å². The number of anilines is 1. The van der Waals surface area contributed by atoms with E-state index in [9.17, 15) is 26.4 Å². The standard InChI is InChI=1S/C8H7F3N2O.C2H6O3S/c9-8(10,11)5-1-3-6(4-2-5)13-7(12)14;1-2-6(3,4)5/h1-4H,(H3,12,13,14);2H2,1H3,(H,3,4,5). The summed E-state index contributed by atoms with van der Waals surface area (Å²) in [5, 5.41) is 2.15. The topological polar surface area (TPSA) is 109 Å². The summed E-state index contributed by atoms with van der Waals surface area (Å²) in [5.74, 6) is -0.201. The van der Waals surface area contributed by atoms with Crippen LogP contribution in [0.2, 0.25) is 0 Å². The van der Waals surface area contributed by atoms with Crippen LogP contribution in [0.15, 0.2) is 24.3 Å². The average molecular weight is 314 g/mol. The van der Waals surface area contributed by atoms with Gasteiger partial charge < -0.3 is 11.1 Å². The zero-order valence-electron chi connectivity index (χ0n) is 10.3. The van der Waals surface area contributed by atoms with Crippen LogP contribution in [-0.4, -0.2) is 24.8 Å². The van der Waals surface area contributed by atoms with Gasteiger partial charge in [0.05, 0.1) is 11.3 Å². The fourth-order valence-corrected chi connectivity index (χ4v) is 0.885. The Bertz CT molecular complexity index is 541. The monoisotopic (exact) mass is 314 g/mol. The fourth-order valence-electron chi connectivity index (χ4n) is 0.885. The molecule has 2 amide bonds. The number of alkyl halides is 3. The van der Waals surface area contributed by atoms with Crippen molar-refractivity contribution < 1.29 is 30.9 Å². The molecule has 114 valence electrons. The first-order valence-corrected chi connectivity index (χ1v) is 6.75. The van der Waals surface area contributed by atoms with Crippen molar-refractivity contribution in [1.29, 1.82) is 0 Å². The van der Waals surface area contributed by atoms with Crippen molar-refractivity contribution in [1.82, 2.24) is 0 Å². The summed E-state index contributed by atoms with van der Waals surface area (Å²) in [6.45, 7) is 1.37. The number of carbonyl (C=O) groups is 1. The molecular formula is C10H13F3N2O4S. The lowest BCUT2D eigenvalue weighted by Gasteiger charge is -2.07. The van der Waals surface area contributed by atoms with Crippen molar-refractivity contribution in [3.05, 3.63) is 29.8 Å². The molecule has 0 heterocycles. The van der Waals surface area contributed by atoms with E-state index in [1.54, 1.807) is 0 Å². The number of nitrogens with one attached hydrogen (secondary N) is 1. The van der Waals surface area contributed by atoms with Crippen LogP contribution in [0.3, 0.4) is 0 Å². The molecule has 20 heavy (non-hydrogen) atoms. The number of amides is 2. The summed E-state index contributed by atoms with van der Waals surface area (Å²) < 4.78 is 63.1. The highest BCUT2D eigenvalue weighted by Crippen LogP contribution is 2.29. The zero-order chi connectivity index (χ0) is 16.0. The summed E-state index contributed by atoms with van der Waals surface area (Å²) in [6.07, 6.45) is -4.37. The first kappa shape index (κ1) is 18.2. The van der Waals surface area contributed by atoms with Gasteiger partial charge in [0.25, 0.3) is 10.1 Å². The molecule has 0 aliphatic rings. The molecule has 0 spiro atoms. The molecule has 0 unspecified atom stereocenters. The summed E-state index contributed by atoms with van der Waals surface area (Å²) in [7, 11) is -3.66. The maximum absolute atomic E-state index is 12.1. The van der Waals surface area contributed by atoms with Gasteiger partial charge in [0, 0.05) is 5.69 Å². The highest BCUT2D eigenvalue weighted by Gasteiger charge is 2.29.